The van der Waals surface area contributed by atoms with Crippen LogP contribution in [0.3, 0.4) is 0 Å². The van der Waals surface area contributed by atoms with E-state index < -0.39 is 17.3 Å². The number of rotatable bonds is 9. The number of ether oxygens (including phenoxy) is 2. The number of fused-ring (bicyclic) bond motifs is 1. The number of pyridine rings is 1. The smallest absolute Gasteiger partial charge is 0.296 e. The van der Waals surface area contributed by atoms with E-state index >= 15 is 0 Å². The molecule has 10 nitrogen and oxygen atoms in total. The summed E-state index contributed by atoms with van der Waals surface area (Å²) < 4.78 is 27.7. The molecular weight excluding hydrogens is 564 g/mol. The highest BCUT2D eigenvalue weighted by Gasteiger charge is 2.24. The quantitative estimate of drug-likeness (QED) is 0.236. The van der Waals surface area contributed by atoms with Crippen LogP contribution in [0.1, 0.15) is 28.8 Å². The van der Waals surface area contributed by atoms with Crippen molar-refractivity contribution in [3.8, 4) is 11.5 Å². The summed E-state index contributed by atoms with van der Waals surface area (Å²) in [6.45, 7) is 8.14. The summed E-state index contributed by atoms with van der Waals surface area (Å²) in [6.07, 6.45) is 5.56. The monoisotopic (exact) mass is 602 g/mol. The third-order valence-electron chi connectivity index (χ3n) is 8.20. The van der Waals surface area contributed by atoms with Crippen molar-refractivity contribution in [1.82, 2.24) is 19.6 Å². The molecule has 2 aliphatic heterocycles. The molecule has 2 aliphatic rings. The van der Waals surface area contributed by atoms with Crippen LogP contribution in [0, 0.1) is 12.8 Å². The highest BCUT2D eigenvalue weighted by Crippen LogP contribution is 2.32. The number of hydrogen-bond acceptors (Lipinski definition) is 8. The Kier molecular flexibility index (Phi) is 9.03. The Hall–Kier alpha value is -3.77. The molecular formula is C32H38N6O4S. The number of anilines is 2. The van der Waals surface area contributed by atoms with Crippen molar-refractivity contribution in [3.05, 3.63) is 72.1 Å². The molecule has 11 heteroatoms. The second-order valence-corrected chi connectivity index (χ2v) is 12.5. The fraction of sp³-hybridized carbons (Fsp3) is 0.375. The lowest BCUT2D eigenvalue weighted by Crippen LogP contribution is -2.44. The second-order valence-electron chi connectivity index (χ2n) is 11.3. The van der Waals surface area contributed by atoms with Gasteiger partial charge in [0.25, 0.3) is 5.91 Å². The lowest BCUT2D eigenvalue weighted by molar-refractivity contribution is 0.0699. The predicted molar refractivity (Wildman–Crippen MR) is 169 cm³/mol. The summed E-state index contributed by atoms with van der Waals surface area (Å²) in [7, 11) is 2.11. The SMILES string of the molecule is Cc1cc([S+]([O-])NC(=O)c2ccc(N3CCN(C)CC3)cc2Oc2cnc3[nH]ccc3c2)ccc1NCC1CCOCC1. The maximum atomic E-state index is 13.5. The van der Waals surface area contributed by atoms with Gasteiger partial charge in [0.2, 0.25) is 0 Å². The molecule has 1 amide bonds. The van der Waals surface area contributed by atoms with E-state index in [1.54, 1.807) is 18.3 Å². The zero-order valence-electron chi connectivity index (χ0n) is 24.6. The Balaban J connectivity index is 1.18. The number of aryl methyl sites for hydroxylation is 1. The fourth-order valence-corrected chi connectivity index (χ4v) is 6.37. The van der Waals surface area contributed by atoms with Gasteiger partial charge in [0.1, 0.15) is 28.5 Å². The van der Waals surface area contributed by atoms with Crippen molar-refractivity contribution < 1.29 is 18.8 Å². The molecule has 0 bridgehead atoms. The number of aromatic nitrogens is 2. The number of aromatic amines is 1. The fourth-order valence-electron chi connectivity index (χ4n) is 5.50. The topological polar surface area (TPSA) is 118 Å². The molecule has 2 fully saturated rings. The maximum absolute atomic E-state index is 13.5. The van der Waals surface area contributed by atoms with E-state index in [1.165, 1.54) is 0 Å². The normalized spacial score (nSPS) is 17.1. The lowest BCUT2D eigenvalue weighted by Gasteiger charge is -2.34. The molecule has 43 heavy (non-hydrogen) atoms. The molecule has 2 saturated heterocycles. The van der Waals surface area contributed by atoms with E-state index in [4.69, 9.17) is 9.47 Å². The Labute approximate surface area is 255 Å². The minimum Gasteiger partial charge on any atom is -0.588 e. The highest BCUT2D eigenvalue weighted by atomic mass is 32.2. The molecule has 1 unspecified atom stereocenters. The third-order valence-corrected chi connectivity index (χ3v) is 9.25. The molecule has 0 spiro atoms. The predicted octanol–water partition coefficient (Wildman–Crippen LogP) is 4.71. The number of carbonyl (C=O) groups excluding carboxylic acids is 1. The molecule has 1 atom stereocenters. The van der Waals surface area contributed by atoms with Crippen LogP contribution < -0.4 is 19.7 Å². The van der Waals surface area contributed by atoms with Gasteiger partial charge in [0, 0.05) is 81.0 Å². The van der Waals surface area contributed by atoms with E-state index in [0.717, 1.165) is 86.8 Å². The second kappa shape index (κ2) is 13.3. The van der Waals surface area contributed by atoms with Crippen molar-refractivity contribution in [2.75, 3.05) is 63.2 Å². The summed E-state index contributed by atoms with van der Waals surface area (Å²) in [5.41, 5.74) is 4.00. The summed E-state index contributed by atoms with van der Waals surface area (Å²) in [4.78, 5) is 26.1. The third kappa shape index (κ3) is 7.07. The van der Waals surface area contributed by atoms with Crippen LogP contribution >= 0.6 is 0 Å². The minimum absolute atomic E-state index is 0.298. The minimum atomic E-state index is -1.75. The zero-order valence-corrected chi connectivity index (χ0v) is 25.4. The van der Waals surface area contributed by atoms with Crippen LogP contribution in [0.15, 0.2) is 65.8 Å². The Morgan fingerprint density at radius 2 is 1.93 bits per heavy atom. The van der Waals surface area contributed by atoms with Crippen LogP contribution in [-0.2, 0) is 16.1 Å². The number of amides is 1. The number of likely N-dealkylation sites (N-methyl/N-ethyl adjacent to an activating group) is 1. The molecule has 4 heterocycles. The average Bonchev–Trinajstić information content (AvgIpc) is 3.49. The molecule has 4 aromatic rings. The van der Waals surface area contributed by atoms with Gasteiger partial charge in [-0.15, -0.1) is 0 Å². The Morgan fingerprint density at radius 1 is 1.12 bits per heavy atom. The number of carbonyl (C=O) groups is 1. The molecule has 0 radical (unpaired) electrons. The molecule has 6 rings (SSSR count). The van der Waals surface area contributed by atoms with Crippen LogP contribution in [0.25, 0.3) is 11.0 Å². The van der Waals surface area contributed by atoms with Crippen molar-refractivity contribution in [1.29, 1.82) is 0 Å². The number of piperazine rings is 1. The molecule has 0 saturated carbocycles. The zero-order chi connectivity index (χ0) is 29.8. The van der Waals surface area contributed by atoms with Crippen LogP contribution in [-0.4, -0.2) is 78.3 Å². The van der Waals surface area contributed by atoms with Gasteiger partial charge in [-0.1, -0.05) is 0 Å². The Bertz CT molecular complexity index is 1560. The van der Waals surface area contributed by atoms with Gasteiger partial charge in [0.05, 0.1) is 11.8 Å². The first kappa shape index (κ1) is 29.3. The summed E-state index contributed by atoms with van der Waals surface area (Å²) in [6, 6.07) is 14.9. The van der Waals surface area contributed by atoms with E-state index in [9.17, 15) is 9.35 Å². The van der Waals surface area contributed by atoms with Gasteiger partial charge in [0.15, 0.2) is 4.90 Å². The van der Waals surface area contributed by atoms with E-state index in [1.807, 2.05) is 49.5 Å². The van der Waals surface area contributed by atoms with Gasteiger partial charge in [-0.05, 0) is 74.7 Å². The number of benzene rings is 2. The largest absolute Gasteiger partial charge is 0.588 e. The van der Waals surface area contributed by atoms with Crippen molar-refractivity contribution in [3.63, 3.8) is 0 Å². The van der Waals surface area contributed by atoms with E-state index in [-0.39, 0.29) is 0 Å². The lowest BCUT2D eigenvalue weighted by atomic mass is 10.0. The summed E-state index contributed by atoms with van der Waals surface area (Å²) >= 11 is -1.75. The molecule has 3 N–H and O–H groups in total. The Morgan fingerprint density at radius 3 is 2.72 bits per heavy atom. The maximum Gasteiger partial charge on any atom is 0.296 e. The van der Waals surface area contributed by atoms with Crippen molar-refractivity contribution >= 4 is 39.7 Å². The number of nitrogens with zero attached hydrogens (tertiary/aromatic N) is 3. The molecule has 226 valence electrons. The molecule has 0 aliphatic carbocycles. The first-order valence-electron chi connectivity index (χ1n) is 14.8. The van der Waals surface area contributed by atoms with E-state index in [0.29, 0.717) is 27.9 Å². The van der Waals surface area contributed by atoms with Gasteiger partial charge in [-0.25, -0.2) is 4.98 Å². The van der Waals surface area contributed by atoms with Crippen LogP contribution in [0.2, 0.25) is 0 Å². The van der Waals surface area contributed by atoms with E-state index in [2.05, 4.69) is 36.9 Å². The van der Waals surface area contributed by atoms with Crippen LogP contribution in [0.4, 0.5) is 11.4 Å². The van der Waals surface area contributed by atoms with Crippen LogP contribution in [0.5, 0.6) is 11.5 Å². The average molecular weight is 603 g/mol. The van der Waals surface area contributed by atoms with Gasteiger partial charge >= 0.3 is 0 Å². The standard InChI is InChI=1S/C32H38N6O4S/c1-22-17-27(4-6-29(22)34-20-23-8-15-41-16-9-23)43(40)36-32(39)28-5-3-25(38-13-11-37(2)12-14-38)19-30(28)42-26-18-24-7-10-33-31(24)35-21-26/h3-7,10,17-19,21,23,34H,8-9,11-16,20H2,1-2H3,(H,33,35)(H,36,39). The van der Waals surface area contributed by atoms with Crippen molar-refractivity contribution in [2.45, 2.75) is 24.7 Å². The number of nitrogens with one attached hydrogen (secondary N) is 3. The van der Waals surface area contributed by atoms with Gasteiger partial charge < -0.3 is 34.1 Å². The van der Waals surface area contributed by atoms with Gasteiger partial charge in [-0.2, -0.15) is 4.72 Å². The number of hydrogen-bond donors (Lipinski definition) is 3. The molecule has 2 aromatic carbocycles. The van der Waals surface area contributed by atoms with Gasteiger partial charge in [-0.3, -0.25) is 4.79 Å². The first-order valence-corrected chi connectivity index (χ1v) is 15.9. The van der Waals surface area contributed by atoms with Crippen molar-refractivity contribution in [2.24, 2.45) is 5.92 Å². The highest BCUT2D eigenvalue weighted by molar-refractivity contribution is 7.90. The summed E-state index contributed by atoms with van der Waals surface area (Å²) in [5, 5.41) is 4.42. The summed E-state index contributed by atoms with van der Waals surface area (Å²) in [5.74, 6) is 0.998. The molecule has 2 aromatic heterocycles. The first-order chi connectivity index (χ1) is 20.9. The number of H-pyrrole nitrogens is 1.